The number of nitrogens with zero attached hydrogens (tertiary/aromatic N) is 1. The quantitative estimate of drug-likeness (QED) is 0.922. The van der Waals surface area contributed by atoms with E-state index >= 15 is 0 Å². The Bertz CT molecular complexity index is 542. The molecule has 0 atom stereocenters. The number of hydrogen-bond acceptors (Lipinski definition) is 3. The largest absolute Gasteiger partial charge is 0.332 e. The van der Waals surface area contributed by atoms with Crippen LogP contribution in [-0.2, 0) is 6.54 Å². The van der Waals surface area contributed by atoms with Crippen LogP contribution in [-0.4, -0.2) is 23.9 Å². The molecule has 2 rings (SSSR count). The lowest BCUT2D eigenvalue weighted by molar-refractivity contribution is 0.0753. The smallest absolute Gasteiger partial charge is 0.264 e. The maximum atomic E-state index is 12.4. The van der Waals surface area contributed by atoms with Gasteiger partial charge in [0.1, 0.15) is 0 Å². The molecule has 5 heteroatoms. The van der Waals surface area contributed by atoms with Gasteiger partial charge < -0.3 is 10.6 Å². The molecule has 3 nitrogen and oxygen atoms in total. The Morgan fingerprint density at radius 2 is 1.90 bits per heavy atom. The first-order valence-corrected chi connectivity index (χ1v) is 7.12. The first kappa shape index (κ1) is 16.7. The second-order valence-corrected chi connectivity index (χ2v) is 5.70. The van der Waals surface area contributed by atoms with Gasteiger partial charge in [-0.15, -0.1) is 23.7 Å². The molecule has 108 valence electrons. The van der Waals surface area contributed by atoms with E-state index in [1.165, 1.54) is 11.3 Å². The van der Waals surface area contributed by atoms with E-state index < -0.39 is 0 Å². The molecule has 0 aliphatic heterocycles. The Hall–Kier alpha value is -1.36. The topological polar surface area (TPSA) is 46.3 Å². The molecular formula is C15H19ClN2OS. The van der Waals surface area contributed by atoms with Crippen LogP contribution in [0.4, 0.5) is 0 Å². The number of hydrogen-bond donors (Lipinski definition) is 1. The highest BCUT2D eigenvalue weighted by Crippen LogP contribution is 2.18. The van der Waals surface area contributed by atoms with Gasteiger partial charge in [-0.2, -0.15) is 0 Å². The SMILES string of the molecule is Cc1ccc(C(=O)N(CCN)Cc2ccccc2)s1.Cl. The lowest BCUT2D eigenvalue weighted by Gasteiger charge is -2.21. The van der Waals surface area contributed by atoms with Crippen LogP contribution in [0.15, 0.2) is 42.5 Å². The zero-order valence-corrected chi connectivity index (χ0v) is 13.0. The highest BCUT2D eigenvalue weighted by molar-refractivity contribution is 7.13. The number of rotatable bonds is 5. The van der Waals surface area contributed by atoms with Gasteiger partial charge >= 0.3 is 0 Å². The average Bonchev–Trinajstić information content (AvgIpc) is 2.85. The average molecular weight is 311 g/mol. The molecule has 1 aromatic heterocycles. The third kappa shape index (κ3) is 4.34. The number of amides is 1. The number of benzene rings is 1. The van der Waals surface area contributed by atoms with Crippen molar-refractivity contribution in [1.82, 2.24) is 4.90 Å². The first-order valence-electron chi connectivity index (χ1n) is 6.30. The van der Waals surface area contributed by atoms with E-state index in [4.69, 9.17) is 5.73 Å². The third-order valence-corrected chi connectivity index (χ3v) is 3.84. The molecule has 0 fully saturated rings. The number of thiophene rings is 1. The van der Waals surface area contributed by atoms with E-state index in [2.05, 4.69) is 0 Å². The summed E-state index contributed by atoms with van der Waals surface area (Å²) in [7, 11) is 0. The van der Waals surface area contributed by atoms with Crippen LogP contribution in [0.1, 0.15) is 20.1 Å². The molecule has 20 heavy (non-hydrogen) atoms. The summed E-state index contributed by atoms with van der Waals surface area (Å²) in [6, 6.07) is 13.8. The van der Waals surface area contributed by atoms with Crippen LogP contribution in [0.25, 0.3) is 0 Å². The minimum Gasteiger partial charge on any atom is -0.332 e. The molecule has 2 N–H and O–H groups in total. The summed E-state index contributed by atoms with van der Waals surface area (Å²) in [6.07, 6.45) is 0. The second-order valence-electron chi connectivity index (χ2n) is 4.41. The Labute approximate surface area is 129 Å². The predicted octanol–water partition coefficient (Wildman–Crippen LogP) is 3.08. The first-order chi connectivity index (χ1) is 9.20. The summed E-state index contributed by atoms with van der Waals surface area (Å²) in [6.45, 7) is 3.66. The van der Waals surface area contributed by atoms with Gasteiger partial charge in [0.15, 0.2) is 0 Å². The third-order valence-electron chi connectivity index (χ3n) is 2.85. The molecule has 0 aliphatic carbocycles. The predicted molar refractivity (Wildman–Crippen MR) is 86.5 cm³/mol. The van der Waals surface area contributed by atoms with E-state index in [9.17, 15) is 4.79 Å². The normalized spacial score (nSPS) is 9.90. The molecule has 0 bridgehead atoms. The molecule has 1 heterocycles. The van der Waals surface area contributed by atoms with Crippen molar-refractivity contribution >= 4 is 29.7 Å². The Morgan fingerprint density at radius 1 is 1.20 bits per heavy atom. The van der Waals surface area contributed by atoms with Crippen LogP contribution < -0.4 is 5.73 Å². The molecule has 0 saturated heterocycles. The fourth-order valence-electron chi connectivity index (χ4n) is 1.92. The summed E-state index contributed by atoms with van der Waals surface area (Å²) in [4.78, 5) is 16.2. The van der Waals surface area contributed by atoms with Crippen LogP contribution in [0, 0.1) is 6.92 Å². The maximum Gasteiger partial charge on any atom is 0.264 e. The van der Waals surface area contributed by atoms with Crippen LogP contribution >= 0.6 is 23.7 Å². The molecule has 0 radical (unpaired) electrons. The standard InChI is InChI=1S/C15H18N2OS.ClH/c1-12-7-8-14(19-12)15(18)17(10-9-16)11-13-5-3-2-4-6-13;/h2-8H,9-11,16H2,1H3;1H. The Kier molecular flexibility index (Phi) is 6.71. The van der Waals surface area contributed by atoms with Crippen LogP contribution in [0.2, 0.25) is 0 Å². The van der Waals surface area contributed by atoms with E-state index in [1.807, 2.05) is 49.4 Å². The second kappa shape index (κ2) is 8.04. The van der Waals surface area contributed by atoms with Crippen molar-refractivity contribution in [3.05, 3.63) is 57.8 Å². The monoisotopic (exact) mass is 310 g/mol. The highest BCUT2D eigenvalue weighted by atomic mass is 35.5. The molecule has 0 spiro atoms. The summed E-state index contributed by atoms with van der Waals surface area (Å²) in [5.74, 6) is 0.0624. The van der Waals surface area contributed by atoms with Crippen LogP contribution in [0.3, 0.4) is 0 Å². The molecule has 0 saturated carbocycles. The van der Waals surface area contributed by atoms with Crippen molar-refractivity contribution < 1.29 is 4.79 Å². The summed E-state index contributed by atoms with van der Waals surface area (Å²) in [5.41, 5.74) is 6.74. The number of nitrogens with two attached hydrogens (primary N) is 1. The van der Waals surface area contributed by atoms with E-state index in [0.29, 0.717) is 19.6 Å². The fourth-order valence-corrected chi connectivity index (χ4v) is 2.75. The number of carbonyl (C=O) groups excluding carboxylic acids is 1. The number of aryl methyl sites for hydroxylation is 1. The van der Waals surface area contributed by atoms with E-state index in [0.717, 1.165) is 15.3 Å². The Morgan fingerprint density at radius 3 is 2.45 bits per heavy atom. The van der Waals surface area contributed by atoms with Crippen molar-refractivity contribution in [1.29, 1.82) is 0 Å². The number of carbonyl (C=O) groups is 1. The van der Waals surface area contributed by atoms with E-state index in [1.54, 1.807) is 4.90 Å². The summed E-state index contributed by atoms with van der Waals surface area (Å²) in [5, 5.41) is 0. The van der Waals surface area contributed by atoms with Gasteiger partial charge in [0.05, 0.1) is 4.88 Å². The van der Waals surface area contributed by atoms with Crippen molar-refractivity contribution in [3.63, 3.8) is 0 Å². The molecule has 0 unspecified atom stereocenters. The minimum absolute atomic E-state index is 0. The lowest BCUT2D eigenvalue weighted by atomic mass is 10.2. The highest BCUT2D eigenvalue weighted by Gasteiger charge is 2.16. The lowest BCUT2D eigenvalue weighted by Crippen LogP contribution is -2.34. The van der Waals surface area contributed by atoms with Crippen molar-refractivity contribution in [2.45, 2.75) is 13.5 Å². The summed E-state index contributed by atoms with van der Waals surface area (Å²) >= 11 is 1.53. The van der Waals surface area contributed by atoms with Crippen molar-refractivity contribution in [3.8, 4) is 0 Å². The van der Waals surface area contributed by atoms with Gasteiger partial charge in [-0.1, -0.05) is 30.3 Å². The van der Waals surface area contributed by atoms with Crippen molar-refractivity contribution in [2.75, 3.05) is 13.1 Å². The zero-order valence-electron chi connectivity index (χ0n) is 11.4. The van der Waals surface area contributed by atoms with Gasteiger partial charge in [-0.25, -0.2) is 0 Å². The molecule has 0 aliphatic rings. The molecule has 2 aromatic rings. The van der Waals surface area contributed by atoms with Gasteiger partial charge in [-0.3, -0.25) is 4.79 Å². The molecule has 1 aromatic carbocycles. The molecular weight excluding hydrogens is 292 g/mol. The van der Waals surface area contributed by atoms with Crippen molar-refractivity contribution in [2.24, 2.45) is 5.73 Å². The summed E-state index contributed by atoms with van der Waals surface area (Å²) < 4.78 is 0. The van der Waals surface area contributed by atoms with Gasteiger partial charge in [0.2, 0.25) is 0 Å². The van der Waals surface area contributed by atoms with Gasteiger partial charge in [0, 0.05) is 24.5 Å². The van der Waals surface area contributed by atoms with E-state index in [-0.39, 0.29) is 18.3 Å². The van der Waals surface area contributed by atoms with Crippen LogP contribution in [0.5, 0.6) is 0 Å². The van der Waals surface area contributed by atoms with Gasteiger partial charge in [0.25, 0.3) is 5.91 Å². The minimum atomic E-state index is 0. The zero-order chi connectivity index (χ0) is 13.7. The number of halogens is 1. The fraction of sp³-hybridized carbons (Fsp3) is 0.267. The maximum absolute atomic E-state index is 12.4. The van der Waals surface area contributed by atoms with Gasteiger partial charge in [-0.05, 0) is 24.6 Å². The molecule has 1 amide bonds. The Balaban J connectivity index is 0.00000200.